The van der Waals surface area contributed by atoms with E-state index in [1.807, 2.05) is 0 Å². The van der Waals surface area contributed by atoms with Crippen LogP contribution in [-0.4, -0.2) is 52.2 Å². The van der Waals surface area contributed by atoms with Gasteiger partial charge >= 0.3 is 6.18 Å². The van der Waals surface area contributed by atoms with E-state index in [2.05, 4.69) is 20.2 Å². The van der Waals surface area contributed by atoms with Gasteiger partial charge in [0.05, 0.1) is 17.3 Å². The second kappa shape index (κ2) is 7.61. The van der Waals surface area contributed by atoms with Crippen LogP contribution in [0, 0.1) is 5.82 Å². The van der Waals surface area contributed by atoms with Gasteiger partial charge in [-0.2, -0.15) is 13.2 Å². The number of hydrogen-bond donors (Lipinski definition) is 1. The molecule has 0 aliphatic carbocycles. The molecular formula is C21H19F4N5O. The molecule has 0 radical (unpaired) electrons. The lowest BCUT2D eigenvalue weighted by Crippen LogP contribution is -2.44. The van der Waals surface area contributed by atoms with Crippen molar-refractivity contribution in [2.45, 2.75) is 12.7 Å². The summed E-state index contributed by atoms with van der Waals surface area (Å²) in [7, 11) is 0. The van der Waals surface area contributed by atoms with Gasteiger partial charge in [-0.05, 0) is 24.3 Å². The zero-order chi connectivity index (χ0) is 21.6. The van der Waals surface area contributed by atoms with E-state index in [0.29, 0.717) is 30.1 Å². The third-order valence-electron chi connectivity index (χ3n) is 5.50. The first-order valence-electron chi connectivity index (χ1n) is 9.95. The standard InChI is InChI=1S/C21H19F4N5O/c22-13-3-4-14-15(12-13)27-19(21(23,24)25)17-18(14)30(10-9-29-7-5-26-6-8-29)20(28-17)16-2-1-11-31-16/h1-4,11-12,26H,5-10H2. The lowest BCUT2D eigenvalue weighted by molar-refractivity contribution is -0.139. The first kappa shape index (κ1) is 20.0. The average Bonchev–Trinajstić information content (AvgIpc) is 3.39. The molecule has 1 aliphatic rings. The number of nitrogens with zero attached hydrogens (tertiary/aromatic N) is 4. The summed E-state index contributed by atoms with van der Waals surface area (Å²) in [5.41, 5.74) is -1.18. The second-order valence-corrected chi connectivity index (χ2v) is 7.47. The third kappa shape index (κ3) is 3.66. The number of nitrogens with one attached hydrogen (secondary N) is 1. The Labute approximate surface area is 174 Å². The molecule has 3 aromatic heterocycles. The van der Waals surface area contributed by atoms with Gasteiger partial charge in [-0.25, -0.2) is 14.4 Å². The van der Waals surface area contributed by atoms with Crippen LogP contribution >= 0.6 is 0 Å². The molecule has 5 rings (SSSR count). The van der Waals surface area contributed by atoms with E-state index in [1.54, 1.807) is 16.7 Å². The number of benzene rings is 1. The molecule has 1 saturated heterocycles. The first-order chi connectivity index (χ1) is 14.9. The predicted molar refractivity (Wildman–Crippen MR) is 107 cm³/mol. The SMILES string of the molecule is Fc1ccc2c(c1)nc(C(F)(F)F)c1nc(-c3ccco3)n(CCN3CCNCC3)c12. The van der Waals surface area contributed by atoms with Crippen LogP contribution in [0.3, 0.4) is 0 Å². The number of pyridine rings is 1. The summed E-state index contributed by atoms with van der Waals surface area (Å²) in [4.78, 5) is 10.3. The Kier molecular flexibility index (Phi) is 4.90. The van der Waals surface area contributed by atoms with E-state index in [1.165, 1.54) is 18.4 Å². The van der Waals surface area contributed by atoms with Crippen LogP contribution in [0.4, 0.5) is 17.6 Å². The van der Waals surface area contributed by atoms with Crippen LogP contribution in [0.2, 0.25) is 0 Å². The largest absolute Gasteiger partial charge is 0.461 e. The van der Waals surface area contributed by atoms with Crippen LogP contribution in [0.15, 0.2) is 41.0 Å². The maximum absolute atomic E-state index is 13.9. The van der Waals surface area contributed by atoms with E-state index in [9.17, 15) is 17.6 Å². The van der Waals surface area contributed by atoms with Gasteiger partial charge in [-0.3, -0.25) is 4.90 Å². The van der Waals surface area contributed by atoms with Crippen molar-refractivity contribution in [3.63, 3.8) is 0 Å². The van der Waals surface area contributed by atoms with Crippen LogP contribution in [0.1, 0.15) is 5.69 Å². The minimum Gasteiger partial charge on any atom is -0.461 e. The Hall–Kier alpha value is -2.98. The monoisotopic (exact) mass is 433 g/mol. The van der Waals surface area contributed by atoms with Crippen molar-refractivity contribution in [3.05, 3.63) is 48.1 Å². The highest BCUT2D eigenvalue weighted by Crippen LogP contribution is 2.38. The zero-order valence-electron chi connectivity index (χ0n) is 16.4. The molecule has 10 heteroatoms. The van der Waals surface area contributed by atoms with Gasteiger partial charge in [0.15, 0.2) is 17.3 Å². The van der Waals surface area contributed by atoms with Gasteiger partial charge < -0.3 is 14.3 Å². The normalized spacial score (nSPS) is 15.9. The number of furan rings is 1. The van der Waals surface area contributed by atoms with Crippen LogP contribution in [0.25, 0.3) is 33.5 Å². The molecule has 0 unspecified atom stereocenters. The van der Waals surface area contributed by atoms with E-state index in [-0.39, 0.29) is 16.6 Å². The molecule has 1 N–H and O–H groups in total. The van der Waals surface area contributed by atoms with Gasteiger partial charge in [0.25, 0.3) is 0 Å². The van der Waals surface area contributed by atoms with E-state index >= 15 is 0 Å². The summed E-state index contributed by atoms with van der Waals surface area (Å²) in [5, 5.41) is 3.69. The third-order valence-corrected chi connectivity index (χ3v) is 5.50. The quantitative estimate of drug-likeness (QED) is 0.495. The molecule has 4 heterocycles. The zero-order valence-corrected chi connectivity index (χ0v) is 16.4. The maximum atomic E-state index is 13.9. The lowest BCUT2D eigenvalue weighted by atomic mass is 10.1. The summed E-state index contributed by atoms with van der Waals surface area (Å²) in [5.74, 6) is 0.00442. The van der Waals surface area contributed by atoms with Gasteiger partial charge in [-0.1, -0.05) is 0 Å². The summed E-state index contributed by atoms with van der Waals surface area (Å²) < 4.78 is 62.6. The summed E-state index contributed by atoms with van der Waals surface area (Å²) >= 11 is 0. The molecule has 6 nitrogen and oxygen atoms in total. The summed E-state index contributed by atoms with van der Waals surface area (Å²) in [6, 6.07) is 7.01. The molecule has 0 spiro atoms. The average molecular weight is 433 g/mol. The number of piperazine rings is 1. The Bertz CT molecular complexity index is 1230. The summed E-state index contributed by atoms with van der Waals surface area (Å²) in [6.07, 6.45) is -3.29. The molecule has 0 bridgehead atoms. The van der Waals surface area contributed by atoms with Gasteiger partial charge in [0.2, 0.25) is 0 Å². The van der Waals surface area contributed by atoms with E-state index in [0.717, 1.165) is 32.2 Å². The van der Waals surface area contributed by atoms with Crippen molar-refractivity contribution in [2.24, 2.45) is 0 Å². The minimum atomic E-state index is -4.74. The molecule has 0 amide bonds. The smallest absolute Gasteiger partial charge is 0.435 e. The predicted octanol–water partition coefficient (Wildman–Crippen LogP) is 3.91. The highest BCUT2D eigenvalue weighted by molar-refractivity contribution is 6.04. The number of rotatable bonds is 4. The summed E-state index contributed by atoms with van der Waals surface area (Å²) in [6.45, 7) is 4.46. The fourth-order valence-corrected chi connectivity index (χ4v) is 4.05. The highest BCUT2D eigenvalue weighted by atomic mass is 19.4. The van der Waals surface area contributed by atoms with Gasteiger partial charge in [-0.15, -0.1) is 0 Å². The molecule has 1 aliphatic heterocycles. The minimum absolute atomic E-state index is 0.0610. The number of imidazole rings is 1. The highest BCUT2D eigenvalue weighted by Gasteiger charge is 2.38. The number of hydrogen-bond acceptors (Lipinski definition) is 5. The molecule has 0 saturated carbocycles. The van der Waals surface area contributed by atoms with Crippen LogP contribution in [0.5, 0.6) is 0 Å². The van der Waals surface area contributed by atoms with Crippen molar-refractivity contribution in [2.75, 3.05) is 32.7 Å². The molecule has 0 atom stereocenters. The van der Waals surface area contributed by atoms with Crippen molar-refractivity contribution in [1.29, 1.82) is 0 Å². The fraction of sp³-hybridized carbons (Fsp3) is 0.333. The van der Waals surface area contributed by atoms with Crippen molar-refractivity contribution in [1.82, 2.24) is 24.8 Å². The molecule has 1 aromatic carbocycles. The van der Waals surface area contributed by atoms with Gasteiger partial charge in [0.1, 0.15) is 11.3 Å². The topological polar surface area (TPSA) is 59.1 Å². The molecule has 1 fully saturated rings. The molecular weight excluding hydrogens is 414 g/mol. The van der Waals surface area contributed by atoms with E-state index in [4.69, 9.17) is 4.42 Å². The number of alkyl halides is 3. The number of halogens is 4. The Balaban J connectivity index is 1.75. The molecule has 162 valence electrons. The lowest BCUT2D eigenvalue weighted by Gasteiger charge is -2.27. The van der Waals surface area contributed by atoms with Crippen LogP contribution in [-0.2, 0) is 12.7 Å². The fourth-order valence-electron chi connectivity index (χ4n) is 4.05. The van der Waals surface area contributed by atoms with Crippen molar-refractivity contribution in [3.8, 4) is 11.6 Å². The van der Waals surface area contributed by atoms with Crippen molar-refractivity contribution < 1.29 is 22.0 Å². The Morgan fingerprint density at radius 3 is 2.58 bits per heavy atom. The van der Waals surface area contributed by atoms with Gasteiger partial charge in [0, 0.05) is 50.7 Å². The van der Waals surface area contributed by atoms with Crippen molar-refractivity contribution >= 4 is 21.9 Å². The molecule has 31 heavy (non-hydrogen) atoms. The Morgan fingerprint density at radius 2 is 1.87 bits per heavy atom. The number of fused-ring (bicyclic) bond motifs is 3. The maximum Gasteiger partial charge on any atom is 0.435 e. The Morgan fingerprint density at radius 1 is 1.06 bits per heavy atom. The number of aromatic nitrogens is 3. The van der Waals surface area contributed by atoms with E-state index < -0.39 is 17.7 Å². The second-order valence-electron chi connectivity index (χ2n) is 7.47. The molecule has 4 aromatic rings. The first-order valence-corrected chi connectivity index (χ1v) is 9.95. The van der Waals surface area contributed by atoms with Crippen LogP contribution < -0.4 is 5.32 Å².